The molecule has 3 heterocycles. The third kappa shape index (κ3) is 5.30. The molecule has 7 nitrogen and oxygen atoms in total. The van der Waals surface area contributed by atoms with E-state index in [0.717, 1.165) is 51.4 Å². The Labute approximate surface area is 184 Å². The Morgan fingerprint density at radius 3 is 2.32 bits per heavy atom. The molecule has 7 heteroatoms. The molecule has 1 aromatic heterocycles. The molecule has 1 saturated carbocycles. The normalized spacial score (nSPS) is 30.5. The number of amides is 1. The quantitative estimate of drug-likeness (QED) is 0.699. The van der Waals surface area contributed by atoms with E-state index in [1.165, 1.54) is 0 Å². The van der Waals surface area contributed by atoms with Gasteiger partial charge in [0.2, 0.25) is 5.88 Å². The molecular weight excluding hydrogens is 394 g/mol. The van der Waals surface area contributed by atoms with Gasteiger partial charge >= 0.3 is 6.09 Å². The predicted molar refractivity (Wildman–Crippen MR) is 115 cm³/mol. The molecule has 2 atom stereocenters. The summed E-state index contributed by atoms with van der Waals surface area (Å²) < 4.78 is 18.1. The largest absolute Gasteiger partial charge is 0.473 e. The van der Waals surface area contributed by atoms with Gasteiger partial charge in [0.1, 0.15) is 23.3 Å². The second kappa shape index (κ2) is 9.04. The number of carbonyl (C=O) groups excluding carboxylic acids is 1. The molecule has 3 fully saturated rings. The fourth-order valence-corrected chi connectivity index (χ4v) is 5.14. The van der Waals surface area contributed by atoms with Gasteiger partial charge in [-0.3, -0.25) is 0 Å². The van der Waals surface area contributed by atoms with Crippen LogP contribution < -0.4 is 4.74 Å². The first-order chi connectivity index (χ1) is 14.8. The van der Waals surface area contributed by atoms with Gasteiger partial charge in [-0.05, 0) is 84.3 Å². The van der Waals surface area contributed by atoms with Crippen LogP contribution in [-0.4, -0.2) is 52.0 Å². The standard InChI is InChI=1S/C24H33N3O4/c1-24(2,3)31-23(28)27-17-6-7-18(27)14-21(13-17)29-19-8-10-20(11-9-19)30-22-16(15-25)5-4-12-26-22/h4-5,12,17-21H,6-11,13-14H2,1-3H3. The smallest absolute Gasteiger partial charge is 0.410 e. The van der Waals surface area contributed by atoms with Crippen LogP contribution in [0.2, 0.25) is 0 Å². The Morgan fingerprint density at radius 1 is 1.06 bits per heavy atom. The first-order valence-electron chi connectivity index (χ1n) is 11.5. The molecule has 4 rings (SSSR count). The summed E-state index contributed by atoms with van der Waals surface area (Å²) in [7, 11) is 0. The number of fused-ring (bicyclic) bond motifs is 2. The molecule has 168 valence electrons. The Hall–Kier alpha value is -2.33. The second-order valence-corrected chi connectivity index (χ2v) is 9.99. The number of carbonyl (C=O) groups is 1. The number of hydrogen-bond acceptors (Lipinski definition) is 6. The number of nitriles is 1. The minimum absolute atomic E-state index is 0.0760. The van der Waals surface area contributed by atoms with Crippen LogP contribution >= 0.6 is 0 Å². The summed E-state index contributed by atoms with van der Waals surface area (Å²) in [5.41, 5.74) is 0.0153. The van der Waals surface area contributed by atoms with Crippen molar-refractivity contribution in [3.05, 3.63) is 23.9 Å². The predicted octanol–water partition coefficient (Wildman–Crippen LogP) is 4.59. The van der Waals surface area contributed by atoms with E-state index >= 15 is 0 Å². The SMILES string of the molecule is CC(C)(C)OC(=O)N1C2CCC1CC(OC1CCC(Oc3ncccc3C#N)CC1)C2. The van der Waals surface area contributed by atoms with E-state index in [1.807, 2.05) is 25.7 Å². The van der Waals surface area contributed by atoms with Gasteiger partial charge in [-0.25, -0.2) is 9.78 Å². The van der Waals surface area contributed by atoms with Crippen molar-refractivity contribution in [2.45, 2.75) is 108 Å². The molecule has 2 aliphatic heterocycles. The van der Waals surface area contributed by atoms with Crippen LogP contribution in [0.1, 0.15) is 77.7 Å². The lowest BCUT2D eigenvalue weighted by molar-refractivity contribution is -0.0814. The zero-order valence-electron chi connectivity index (χ0n) is 18.8. The van der Waals surface area contributed by atoms with Crippen molar-refractivity contribution in [1.82, 2.24) is 9.88 Å². The summed E-state index contributed by atoms with van der Waals surface area (Å²) in [4.78, 5) is 18.8. The van der Waals surface area contributed by atoms with Crippen molar-refractivity contribution >= 4 is 6.09 Å². The van der Waals surface area contributed by atoms with E-state index in [0.29, 0.717) is 11.4 Å². The molecule has 0 N–H and O–H groups in total. The van der Waals surface area contributed by atoms with Crippen molar-refractivity contribution in [3.63, 3.8) is 0 Å². The highest BCUT2D eigenvalue weighted by molar-refractivity contribution is 5.69. The average molecular weight is 428 g/mol. The zero-order chi connectivity index (χ0) is 22.0. The summed E-state index contributed by atoms with van der Waals surface area (Å²) in [6.07, 6.45) is 9.55. The van der Waals surface area contributed by atoms with E-state index in [4.69, 9.17) is 14.2 Å². The third-order valence-corrected chi connectivity index (χ3v) is 6.47. The summed E-state index contributed by atoms with van der Waals surface area (Å²) in [5.74, 6) is 0.431. The highest BCUT2D eigenvalue weighted by Crippen LogP contribution is 2.39. The Kier molecular flexibility index (Phi) is 6.38. The Morgan fingerprint density at radius 2 is 1.71 bits per heavy atom. The molecule has 31 heavy (non-hydrogen) atoms. The summed E-state index contributed by atoms with van der Waals surface area (Å²) in [5, 5.41) is 9.21. The van der Waals surface area contributed by atoms with Gasteiger partial charge in [0.05, 0.1) is 12.2 Å². The minimum Gasteiger partial charge on any atom is -0.473 e. The van der Waals surface area contributed by atoms with Crippen molar-refractivity contribution in [1.29, 1.82) is 5.26 Å². The molecule has 0 spiro atoms. The van der Waals surface area contributed by atoms with Crippen molar-refractivity contribution in [3.8, 4) is 11.9 Å². The number of pyridine rings is 1. The molecule has 1 amide bonds. The molecule has 0 radical (unpaired) electrons. The number of nitrogens with zero attached hydrogens (tertiary/aromatic N) is 3. The molecule has 2 unspecified atom stereocenters. The van der Waals surface area contributed by atoms with Crippen LogP contribution in [0.25, 0.3) is 0 Å². The topological polar surface area (TPSA) is 84.7 Å². The van der Waals surface area contributed by atoms with Crippen LogP contribution in [0.3, 0.4) is 0 Å². The maximum atomic E-state index is 12.6. The number of rotatable bonds is 4. The first-order valence-corrected chi connectivity index (χ1v) is 11.5. The van der Waals surface area contributed by atoms with Crippen LogP contribution in [0.4, 0.5) is 4.79 Å². The van der Waals surface area contributed by atoms with Crippen LogP contribution in [0.5, 0.6) is 5.88 Å². The lowest BCUT2D eigenvalue weighted by atomic mass is 9.93. The van der Waals surface area contributed by atoms with Crippen molar-refractivity contribution in [2.24, 2.45) is 0 Å². The fraction of sp³-hybridized carbons (Fsp3) is 0.708. The van der Waals surface area contributed by atoms with Gasteiger partial charge in [0.25, 0.3) is 0 Å². The van der Waals surface area contributed by atoms with E-state index in [-0.39, 0.29) is 36.5 Å². The molecule has 2 saturated heterocycles. The van der Waals surface area contributed by atoms with Gasteiger partial charge in [-0.15, -0.1) is 0 Å². The summed E-state index contributed by atoms with van der Waals surface area (Å²) in [6.45, 7) is 5.74. The van der Waals surface area contributed by atoms with Gasteiger partial charge in [-0.1, -0.05) is 0 Å². The molecular formula is C24H33N3O4. The lowest BCUT2D eigenvalue weighted by Crippen LogP contribution is -2.50. The molecule has 0 aromatic carbocycles. The average Bonchev–Trinajstić information content (AvgIpc) is 3.00. The van der Waals surface area contributed by atoms with Crippen molar-refractivity contribution < 1.29 is 19.0 Å². The summed E-state index contributed by atoms with van der Waals surface area (Å²) >= 11 is 0. The monoisotopic (exact) mass is 427 g/mol. The Balaban J connectivity index is 1.25. The number of ether oxygens (including phenoxy) is 3. The van der Waals surface area contributed by atoms with Crippen LogP contribution in [0, 0.1) is 11.3 Å². The van der Waals surface area contributed by atoms with Gasteiger partial charge in [0, 0.05) is 18.3 Å². The summed E-state index contributed by atoms with van der Waals surface area (Å²) in [6, 6.07) is 6.07. The fourth-order valence-electron chi connectivity index (χ4n) is 5.14. The molecule has 1 aliphatic carbocycles. The van der Waals surface area contributed by atoms with Gasteiger partial charge in [0.15, 0.2) is 0 Å². The van der Waals surface area contributed by atoms with E-state index in [1.54, 1.807) is 18.3 Å². The van der Waals surface area contributed by atoms with Crippen molar-refractivity contribution in [2.75, 3.05) is 0 Å². The van der Waals surface area contributed by atoms with Crippen LogP contribution in [-0.2, 0) is 9.47 Å². The third-order valence-electron chi connectivity index (χ3n) is 6.47. The molecule has 2 bridgehead atoms. The van der Waals surface area contributed by atoms with Crippen LogP contribution in [0.15, 0.2) is 18.3 Å². The lowest BCUT2D eigenvalue weighted by Gasteiger charge is -2.41. The number of aromatic nitrogens is 1. The van der Waals surface area contributed by atoms with Gasteiger partial charge < -0.3 is 19.1 Å². The Bertz CT molecular complexity index is 809. The minimum atomic E-state index is -0.464. The maximum absolute atomic E-state index is 12.6. The molecule has 3 aliphatic rings. The van der Waals surface area contributed by atoms with Gasteiger partial charge in [-0.2, -0.15) is 5.26 Å². The maximum Gasteiger partial charge on any atom is 0.410 e. The first kappa shape index (κ1) is 21.9. The highest BCUT2D eigenvalue weighted by Gasteiger charge is 2.45. The van der Waals surface area contributed by atoms with E-state index < -0.39 is 5.60 Å². The van der Waals surface area contributed by atoms with E-state index in [9.17, 15) is 10.1 Å². The highest BCUT2D eigenvalue weighted by atomic mass is 16.6. The number of hydrogen-bond donors (Lipinski definition) is 0. The molecule has 1 aromatic rings. The van der Waals surface area contributed by atoms with E-state index in [2.05, 4.69) is 11.1 Å². The zero-order valence-corrected chi connectivity index (χ0v) is 18.8. The second-order valence-electron chi connectivity index (χ2n) is 9.99. The number of piperidine rings is 1.